The molecule has 0 fully saturated rings. The Labute approximate surface area is 170 Å². The number of esters is 1. The van der Waals surface area contributed by atoms with E-state index in [1.54, 1.807) is 18.2 Å². The summed E-state index contributed by atoms with van der Waals surface area (Å²) in [6.07, 6.45) is -1.18. The van der Waals surface area contributed by atoms with E-state index in [0.717, 1.165) is 4.90 Å². The first-order valence-electron chi connectivity index (χ1n) is 8.18. The lowest BCUT2D eigenvalue weighted by atomic mass is 10.1. The topological polar surface area (TPSA) is 92.8 Å². The van der Waals surface area contributed by atoms with Gasteiger partial charge in [-0.3, -0.25) is 24.1 Å². The molecule has 1 unspecified atom stereocenters. The zero-order valence-corrected chi connectivity index (χ0v) is 16.1. The van der Waals surface area contributed by atoms with Gasteiger partial charge in [0, 0.05) is 5.02 Å². The predicted molar refractivity (Wildman–Crippen MR) is 102 cm³/mol. The lowest BCUT2D eigenvalue weighted by molar-refractivity contribution is -0.153. The third-order valence-corrected chi connectivity index (χ3v) is 4.59. The molecule has 0 spiro atoms. The van der Waals surface area contributed by atoms with Gasteiger partial charge in [-0.25, -0.2) is 0 Å². The zero-order valence-electron chi connectivity index (χ0n) is 14.6. The van der Waals surface area contributed by atoms with E-state index in [9.17, 15) is 19.2 Å². The van der Waals surface area contributed by atoms with Gasteiger partial charge in [0.2, 0.25) is 0 Å². The molecule has 1 aliphatic heterocycles. The van der Waals surface area contributed by atoms with E-state index in [1.807, 2.05) is 0 Å². The van der Waals surface area contributed by atoms with Gasteiger partial charge >= 0.3 is 5.97 Å². The van der Waals surface area contributed by atoms with Crippen molar-refractivity contribution in [3.05, 3.63) is 63.6 Å². The highest BCUT2D eigenvalue weighted by Gasteiger charge is 2.37. The Morgan fingerprint density at radius 2 is 1.68 bits per heavy atom. The Morgan fingerprint density at radius 3 is 2.29 bits per heavy atom. The number of carbonyl (C=O) groups is 4. The summed E-state index contributed by atoms with van der Waals surface area (Å²) in [5.41, 5.74) is 0.714. The molecule has 0 bridgehead atoms. The second-order valence-corrected chi connectivity index (χ2v) is 6.83. The van der Waals surface area contributed by atoms with Crippen molar-refractivity contribution in [1.29, 1.82) is 0 Å². The van der Waals surface area contributed by atoms with Gasteiger partial charge < -0.3 is 10.1 Å². The maximum absolute atomic E-state index is 12.3. The number of imide groups is 1. The van der Waals surface area contributed by atoms with Crippen molar-refractivity contribution in [2.75, 3.05) is 11.9 Å². The van der Waals surface area contributed by atoms with Crippen LogP contribution in [0.2, 0.25) is 10.0 Å². The van der Waals surface area contributed by atoms with Crippen LogP contribution in [-0.2, 0) is 14.3 Å². The number of ether oxygens (including phenoxy) is 1. The lowest BCUT2D eigenvalue weighted by Crippen LogP contribution is -2.38. The van der Waals surface area contributed by atoms with Gasteiger partial charge in [0.05, 0.1) is 21.8 Å². The molecule has 2 aromatic carbocycles. The zero-order chi connectivity index (χ0) is 20.4. The molecule has 9 heteroatoms. The molecule has 144 valence electrons. The first-order valence-corrected chi connectivity index (χ1v) is 8.94. The van der Waals surface area contributed by atoms with Crippen molar-refractivity contribution in [1.82, 2.24) is 4.90 Å². The molecule has 1 N–H and O–H groups in total. The number of rotatable bonds is 5. The van der Waals surface area contributed by atoms with Crippen LogP contribution in [0.4, 0.5) is 5.69 Å². The van der Waals surface area contributed by atoms with Gasteiger partial charge in [0.25, 0.3) is 17.7 Å². The van der Waals surface area contributed by atoms with E-state index in [0.29, 0.717) is 5.02 Å². The molecule has 3 rings (SSSR count). The van der Waals surface area contributed by atoms with Crippen LogP contribution in [-0.4, -0.2) is 41.2 Å². The Balaban J connectivity index is 1.60. The van der Waals surface area contributed by atoms with E-state index < -0.39 is 36.3 Å². The van der Waals surface area contributed by atoms with Gasteiger partial charge in [-0.1, -0.05) is 35.3 Å². The highest BCUT2D eigenvalue weighted by molar-refractivity contribution is 6.35. The first-order chi connectivity index (χ1) is 13.3. The Kier molecular flexibility index (Phi) is 5.67. The van der Waals surface area contributed by atoms with Gasteiger partial charge in [-0.2, -0.15) is 0 Å². The number of anilines is 1. The van der Waals surface area contributed by atoms with Crippen molar-refractivity contribution < 1.29 is 23.9 Å². The van der Waals surface area contributed by atoms with Crippen LogP contribution >= 0.6 is 23.2 Å². The maximum Gasteiger partial charge on any atom is 0.326 e. The minimum atomic E-state index is -1.18. The Morgan fingerprint density at radius 1 is 1.07 bits per heavy atom. The minimum absolute atomic E-state index is 0.224. The molecule has 28 heavy (non-hydrogen) atoms. The van der Waals surface area contributed by atoms with Gasteiger partial charge in [-0.15, -0.1) is 0 Å². The third kappa shape index (κ3) is 4.00. The number of carbonyl (C=O) groups excluding carboxylic acids is 4. The molecule has 0 aromatic heterocycles. The fourth-order valence-electron chi connectivity index (χ4n) is 2.63. The summed E-state index contributed by atoms with van der Waals surface area (Å²) in [5.74, 6) is -2.70. The standard InChI is InChI=1S/C19H14Cl2N2O5/c1-10(17(25)22-15-8-11(20)6-7-14(15)21)28-16(24)9-23-18(26)12-4-2-3-5-13(12)19(23)27/h2-8,10H,9H2,1H3,(H,22,25). The van der Waals surface area contributed by atoms with Gasteiger partial charge in [0.1, 0.15) is 6.54 Å². The fourth-order valence-corrected chi connectivity index (χ4v) is 2.96. The summed E-state index contributed by atoms with van der Waals surface area (Å²) in [6.45, 7) is 0.760. The van der Waals surface area contributed by atoms with Crippen molar-refractivity contribution >= 4 is 52.6 Å². The van der Waals surface area contributed by atoms with E-state index in [1.165, 1.54) is 31.2 Å². The number of hydrogen-bond acceptors (Lipinski definition) is 5. The van der Waals surface area contributed by atoms with Gasteiger partial charge in [-0.05, 0) is 37.3 Å². The van der Waals surface area contributed by atoms with E-state index in [2.05, 4.69) is 5.32 Å². The quantitative estimate of drug-likeness (QED) is 0.592. The highest BCUT2D eigenvalue weighted by atomic mass is 35.5. The summed E-state index contributed by atoms with van der Waals surface area (Å²) in [4.78, 5) is 49.7. The predicted octanol–water partition coefficient (Wildman–Crippen LogP) is 3.16. The average molecular weight is 421 g/mol. The molecule has 7 nitrogen and oxygen atoms in total. The van der Waals surface area contributed by atoms with Crippen LogP contribution in [0.15, 0.2) is 42.5 Å². The van der Waals surface area contributed by atoms with E-state index in [-0.39, 0.29) is 21.8 Å². The number of amides is 3. The summed E-state index contributed by atoms with van der Waals surface area (Å²) >= 11 is 11.8. The van der Waals surface area contributed by atoms with E-state index >= 15 is 0 Å². The fraction of sp³-hybridized carbons (Fsp3) is 0.158. The lowest BCUT2D eigenvalue weighted by Gasteiger charge is -2.17. The third-order valence-electron chi connectivity index (χ3n) is 4.03. The summed E-state index contributed by atoms with van der Waals surface area (Å²) in [5, 5.41) is 3.14. The number of benzene rings is 2. The molecular weight excluding hydrogens is 407 g/mol. The molecule has 0 saturated heterocycles. The maximum atomic E-state index is 12.3. The molecular formula is C19H14Cl2N2O5. The van der Waals surface area contributed by atoms with Crippen LogP contribution in [0.5, 0.6) is 0 Å². The number of nitrogens with zero attached hydrogens (tertiary/aromatic N) is 1. The molecule has 0 saturated carbocycles. The SMILES string of the molecule is CC(OC(=O)CN1C(=O)c2ccccc2C1=O)C(=O)Nc1cc(Cl)ccc1Cl. The van der Waals surface area contributed by atoms with Gasteiger partial charge in [0.15, 0.2) is 6.10 Å². The largest absolute Gasteiger partial charge is 0.451 e. The van der Waals surface area contributed by atoms with Crippen molar-refractivity contribution in [2.24, 2.45) is 0 Å². The van der Waals surface area contributed by atoms with Crippen LogP contribution in [0.3, 0.4) is 0 Å². The second-order valence-electron chi connectivity index (χ2n) is 5.99. The van der Waals surface area contributed by atoms with Crippen molar-refractivity contribution in [3.63, 3.8) is 0 Å². The molecule has 1 heterocycles. The van der Waals surface area contributed by atoms with Crippen molar-refractivity contribution in [2.45, 2.75) is 13.0 Å². The Bertz CT molecular complexity index is 957. The van der Waals surface area contributed by atoms with Crippen LogP contribution in [0.25, 0.3) is 0 Å². The number of nitrogens with one attached hydrogen (secondary N) is 1. The highest BCUT2D eigenvalue weighted by Crippen LogP contribution is 2.26. The summed E-state index contributed by atoms with van der Waals surface area (Å²) < 4.78 is 5.04. The van der Waals surface area contributed by atoms with Crippen LogP contribution in [0.1, 0.15) is 27.6 Å². The molecule has 0 aliphatic carbocycles. The first kappa shape index (κ1) is 19.9. The van der Waals surface area contributed by atoms with E-state index in [4.69, 9.17) is 27.9 Å². The summed E-state index contributed by atoms with van der Waals surface area (Å²) in [7, 11) is 0. The van der Waals surface area contributed by atoms with Crippen molar-refractivity contribution in [3.8, 4) is 0 Å². The number of fused-ring (bicyclic) bond motifs is 1. The smallest absolute Gasteiger partial charge is 0.326 e. The van der Waals surface area contributed by atoms with Crippen LogP contribution in [0, 0.1) is 0 Å². The normalized spacial score (nSPS) is 13.9. The number of halogens is 2. The number of hydrogen-bond donors (Lipinski definition) is 1. The molecule has 1 aliphatic rings. The van der Waals surface area contributed by atoms with Crippen LogP contribution < -0.4 is 5.32 Å². The summed E-state index contributed by atoms with van der Waals surface area (Å²) in [6, 6.07) is 10.8. The second kappa shape index (κ2) is 8.00. The molecule has 2 aromatic rings. The average Bonchev–Trinajstić information content (AvgIpc) is 2.90. The molecule has 1 atom stereocenters. The monoisotopic (exact) mass is 420 g/mol. The molecule has 3 amide bonds. The Hall–Kier alpha value is -2.90. The minimum Gasteiger partial charge on any atom is -0.451 e. The molecule has 0 radical (unpaired) electrons.